The van der Waals surface area contributed by atoms with Crippen molar-refractivity contribution in [3.63, 3.8) is 0 Å². The molecule has 4 aliphatic rings. The summed E-state index contributed by atoms with van der Waals surface area (Å²) in [4.78, 5) is 57.0. The lowest BCUT2D eigenvalue weighted by Crippen LogP contribution is -2.44. The van der Waals surface area contributed by atoms with Gasteiger partial charge in [0.25, 0.3) is 16.4 Å². The lowest BCUT2D eigenvalue weighted by atomic mass is 9.85. The van der Waals surface area contributed by atoms with Crippen LogP contribution in [0.15, 0.2) is 32.6 Å². The van der Waals surface area contributed by atoms with Crippen molar-refractivity contribution in [1.82, 2.24) is 9.97 Å². The number of piperidine rings is 1. The Labute approximate surface area is 232 Å². The van der Waals surface area contributed by atoms with Gasteiger partial charge in [0.1, 0.15) is 16.2 Å². The third kappa shape index (κ3) is 4.38. The molecule has 0 atom stereocenters. The van der Waals surface area contributed by atoms with Gasteiger partial charge in [-0.25, -0.2) is 9.78 Å². The summed E-state index contributed by atoms with van der Waals surface area (Å²) in [5, 5.41) is 10.7. The minimum atomic E-state index is -1.20. The van der Waals surface area contributed by atoms with Crippen LogP contribution in [-0.4, -0.2) is 40.7 Å². The molecule has 0 radical (unpaired) electrons. The molecule has 11 nitrogen and oxygen atoms in total. The second kappa shape index (κ2) is 10.1. The molecule has 2 aromatic heterocycles. The number of carbonyl (C=O) groups is 1. The van der Waals surface area contributed by atoms with E-state index in [-0.39, 0.29) is 29.5 Å². The zero-order valence-electron chi connectivity index (χ0n) is 20.9. The number of aromatic nitrogens is 2. The maximum Gasteiger partial charge on any atom is 0.372 e. The first-order valence-electron chi connectivity index (χ1n) is 12.5. The number of thiophene rings is 1. The Morgan fingerprint density at radius 2 is 1.85 bits per heavy atom. The van der Waals surface area contributed by atoms with Crippen LogP contribution in [0.25, 0.3) is 10.2 Å². The Kier molecular flexibility index (Phi) is 6.95. The van der Waals surface area contributed by atoms with Crippen molar-refractivity contribution in [2.45, 2.75) is 38.3 Å². The predicted molar refractivity (Wildman–Crippen MR) is 153 cm³/mol. The monoisotopic (exact) mass is 570 g/mol. The molecule has 0 aliphatic carbocycles. The zero-order chi connectivity index (χ0) is 26.7. The van der Waals surface area contributed by atoms with Crippen molar-refractivity contribution in [2.24, 2.45) is 5.73 Å². The van der Waals surface area contributed by atoms with Gasteiger partial charge in [-0.2, -0.15) is 0 Å². The number of nitrogens with zero attached hydrogens (tertiary/aromatic N) is 3. The highest BCUT2D eigenvalue weighted by Gasteiger charge is 2.35. The van der Waals surface area contributed by atoms with Crippen LogP contribution in [0, 0.1) is 0 Å². The molecule has 6 heterocycles. The van der Waals surface area contributed by atoms with Crippen LogP contribution in [0.4, 0.5) is 16.4 Å². The van der Waals surface area contributed by atoms with Crippen LogP contribution >= 0.6 is 23.7 Å². The number of rotatable bonds is 3. The topological polar surface area (TPSA) is 176 Å². The summed E-state index contributed by atoms with van der Waals surface area (Å²) in [5.41, 5.74) is 15.0. The number of anilines is 3. The Hall–Kier alpha value is -3.74. The third-order valence-electron chi connectivity index (χ3n) is 7.73. The zero-order valence-corrected chi connectivity index (χ0v) is 22.5. The van der Waals surface area contributed by atoms with Crippen molar-refractivity contribution in [3.05, 3.63) is 77.1 Å². The fourth-order valence-corrected chi connectivity index (χ4v) is 7.06. The molecule has 2 bridgehead atoms. The highest BCUT2D eigenvalue weighted by molar-refractivity contribution is 7.22. The lowest BCUT2D eigenvalue weighted by molar-refractivity contribution is 0.0683. The molecular formula is C26H27ClN6O5S. The van der Waals surface area contributed by atoms with Gasteiger partial charge in [0, 0.05) is 38.3 Å². The Balaban J connectivity index is 0.000000154. The highest BCUT2D eigenvalue weighted by atomic mass is 35.5. The SMILES string of the molecule is Cl.NCc1ccc2c(c1)CN(c1c(N)c(=O)c1=O)CC2.O=C(O)c1nc2sc3c(c2c(=O)[nH]1)C1CCN3CC1. The average molecular weight is 571 g/mol. The van der Waals surface area contributed by atoms with Crippen molar-refractivity contribution in [1.29, 1.82) is 0 Å². The normalized spacial score (nSPS) is 15.9. The van der Waals surface area contributed by atoms with E-state index >= 15 is 0 Å². The molecule has 8 rings (SSSR count). The molecule has 2 aromatic carbocycles. The van der Waals surface area contributed by atoms with Gasteiger partial charge in [-0.15, -0.1) is 12.4 Å². The molecule has 4 aliphatic heterocycles. The van der Waals surface area contributed by atoms with Crippen LogP contribution in [0.2, 0.25) is 0 Å². The number of hydrogen-bond donors (Lipinski definition) is 4. The van der Waals surface area contributed by atoms with Crippen molar-refractivity contribution >= 4 is 56.3 Å². The van der Waals surface area contributed by atoms with Gasteiger partial charge in [0.15, 0.2) is 0 Å². The van der Waals surface area contributed by atoms with E-state index in [2.05, 4.69) is 27.0 Å². The molecule has 1 fully saturated rings. The van der Waals surface area contributed by atoms with E-state index in [0.29, 0.717) is 41.5 Å². The molecule has 39 heavy (non-hydrogen) atoms. The average Bonchev–Trinajstić information content (AvgIpc) is 3.36. The minimum absolute atomic E-state index is 0. The van der Waals surface area contributed by atoms with Crippen molar-refractivity contribution in [2.75, 3.05) is 35.2 Å². The summed E-state index contributed by atoms with van der Waals surface area (Å²) in [6, 6.07) is 6.17. The number of nitrogens with two attached hydrogens (primary N) is 2. The Bertz CT molecular complexity index is 1730. The van der Waals surface area contributed by atoms with E-state index in [4.69, 9.17) is 16.6 Å². The molecule has 0 saturated carbocycles. The summed E-state index contributed by atoms with van der Waals surface area (Å²) in [6.07, 6.45) is 2.98. The lowest BCUT2D eigenvalue weighted by Gasteiger charge is -2.39. The second-order valence-electron chi connectivity index (χ2n) is 9.88. The molecule has 204 valence electrons. The molecule has 0 unspecified atom stereocenters. The first-order valence-corrected chi connectivity index (χ1v) is 13.3. The van der Waals surface area contributed by atoms with E-state index in [1.807, 2.05) is 11.0 Å². The van der Waals surface area contributed by atoms with E-state index in [9.17, 15) is 19.2 Å². The Morgan fingerprint density at radius 1 is 1.10 bits per heavy atom. The number of carboxylic acid groups (broad SMARTS) is 1. The second-order valence-corrected chi connectivity index (χ2v) is 10.9. The van der Waals surface area contributed by atoms with Gasteiger partial charge in [0.2, 0.25) is 5.82 Å². The fourth-order valence-electron chi connectivity index (χ4n) is 5.74. The van der Waals surface area contributed by atoms with Gasteiger partial charge in [-0.3, -0.25) is 14.4 Å². The summed E-state index contributed by atoms with van der Waals surface area (Å²) in [7, 11) is 0. The van der Waals surface area contributed by atoms with Crippen LogP contribution in [0.3, 0.4) is 0 Å². The smallest absolute Gasteiger partial charge is 0.372 e. The number of benzene rings is 1. The van der Waals surface area contributed by atoms with Crippen LogP contribution < -0.4 is 37.7 Å². The number of fused-ring (bicyclic) bond motifs is 4. The number of hydrogen-bond acceptors (Lipinski definition) is 10. The van der Waals surface area contributed by atoms with Gasteiger partial charge in [0.05, 0.1) is 10.4 Å². The van der Waals surface area contributed by atoms with Gasteiger partial charge in [-0.1, -0.05) is 29.5 Å². The molecule has 1 saturated heterocycles. The molecule has 0 spiro atoms. The number of nitrogen functional groups attached to an aromatic ring is 1. The van der Waals surface area contributed by atoms with Crippen molar-refractivity contribution in [3.8, 4) is 0 Å². The van der Waals surface area contributed by atoms with Gasteiger partial charge < -0.3 is 31.4 Å². The number of halogens is 1. The number of carboxylic acids is 1. The van der Waals surface area contributed by atoms with E-state index in [0.717, 1.165) is 54.0 Å². The van der Waals surface area contributed by atoms with Crippen LogP contribution in [0.1, 0.15) is 51.6 Å². The molecule has 6 N–H and O–H groups in total. The van der Waals surface area contributed by atoms with Gasteiger partial charge >= 0.3 is 5.97 Å². The van der Waals surface area contributed by atoms with E-state index < -0.39 is 16.8 Å². The third-order valence-corrected chi connectivity index (χ3v) is 8.89. The van der Waals surface area contributed by atoms with Crippen LogP contribution in [0.5, 0.6) is 0 Å². The fraction of sp³-hybridized carbons (Fsp3) is 0.346. The number of aromatic carboxylic acids is 1. The minimum Gasteiger partial charge on any atom is -0.475 e. The van der Waals surface area contributed by atoms with Crippen molar-refractivity contribution < 1.29 is 9.90 Å². The predicted octanol–water partition coefficient (Wildman–Crippen LogP) is 1.69. The maximum atomic E-state index is 12.1. The molecule has 0 amide bonds. The van der Waals surface area contributed by atoms with Crippen LogP contribution in [-0.2, 0) is 19.5 Å². The van der Waals surface area contributed by atoms with Gasteiger partial charge in [-0.05, 0) is 41.9 Å². The molecular weight excluding hydrogens is 544 g/mol. The quantitative estimate of drug-likeness (QED) is 0.265. The number of H-pyrrole nitrogens is 1. The maximum absolute atomic E-state index is 12.1. The first-order chi connectivity index (χ1) is 18.3. The number of nitrogens with one attached hydrogen (secondary N) is 1. The Morgan fingerprint density at radius 3 is 2.51 bits per heavy atom. The summed E-state index contributed by atoms with van der Waals surface area (Å²) < 4.78 is 0. The largest absolute Gasteiger partial charge is 0.475 e. The first kappa shape index (κ1) is 26.9. The summed E-state index contributed by atoms with van der Waals surface area (Å²) in [5.74, 6) is -1.06. The summed E-state index contributed by atoms with van der Waals surface area (Å²) >= 11 is 1.44. The highest BCUT2D eigenvalue weighted by Crippen LogP contribution is 2.49. The summed E-state index contributed by atoms with van der Waals surface area (Å²) in [6.45, 7) is 3.86. The molecule has 4 aromatic rings. The van der Waals surface area contributed by atoms with E-state index in [1.54, 1.807) is 0 Å². The van der Waals surface area contributed by atoms with E-state index in [1.165, 1.54) is 16.9 Å². The number of aromatic amines is 1. The molecule has 13 heteroatoms. The standard InChI is InChI=1S/C14H15N3O2.C12H11N3O3S.ClH/c15-6-8-1-2-9-3-4-17(7-10(9)5-8)12-11(16)13(18)14(12)19;16-9-7-6-5-1-3-15(4-2-5)11(6)19-10(7)14-8(13-9)12(17)18;/h1-2,5H,3-4,6-7,15-16H2;5H,1-4H2,(H,17,18)(H,13,14,16);1H.